The SMILES string of the molecule is CC[C@H]1OC(=O)[C@H](C)[C@@H](O[C@H]2C[C@@](C)(OC)[C@@H](O)[C@H](C)O2)[C@H](C)[C@@H](O[C@@H]2O[C@H](C)C[C@H](N(C)C)[C@H]2O)[C@](C)(O)C[C@H](C)C(=NOCOCCOC)[C@H](C)[C@@H](O)[C@]1(C)O. The molecule has 3 rings (SSSR count). The van der Waals surface area contributed by atoms with E-state index >= 15 is 0 Å². The summed E-state index contributed by atoms with van der Waals surface area (Å²) in [4.78, 5) is 21.8. The average molecular weight is 837 g/mol. The lowest BCUT2D eigenvalue weighted by Gasteiger charge is -2.49. The molecule has 0 aliphatic carbocycles. The first-order valence-electron chi connectivity index (χ1n) is 20.8. The third-order valence-electron chi connectivity index (χ3n) is 12.6. The van der Waals surface area contributed by atoms with E-state index in [2.05, 4.69) is 5.16 Å². The van der Waals surface area contributed by atoms with Gasteiger partial charge in [-0.15, -0.1) is 0 Å². The van der Waals surface area contributed by atoms with Crippen LogP contribution in [0.15, 0.2) is 5.16 Å². The summed E-state index contributed by atoms with van der Waals surface area (Å²) in [7, 11) is 6.76. The minimum atomic E-state index is -1.97. The van der Waals surface area contributed by atoms with Crippen molar-refractivity contribution >= 4 is 11.7 Å². The van der Waals surface area contributed by atoms with Gasteiger partial charge in [0.2, 0.25) is 6.79 Å². The Labute approximate surface area is 345 Å². The molecule has 0 aromatic carbocycles. The van der Waals surface area contributed by atoms with E-state index in [1.807, 2.05) is 32.8 Å². The maximum absolute atomic E-state index is 14.3. The summed E-state index contributed by atoms with van der Waals surface area (Å²) in [5.41, 5.74) is -4.49. The van der Waals surface area contributed by atoms with Crippen molar-refractivity contribution in [1.29, 1.82) is 0 Å². The van der Waals surface area contributed by atoms with Crippen LogP contribution in [0.4, 0.5) is 0 Å². The highest BCUT2D eigenvalue weighted by atomic mass is 16.7. The number of carbonyl (C=O) groups excluding carboxylic acids is 1. The molecule has 3 saturated heterocycles. The van der Waals surface area contributed by atoms with Crippen LogP contribution in [0.3, 0.4) is 0 Å². The monoisotopic (exact) mass is 837 g/mol. The minimum Gasteiger partial charge on any atom is -0.459 e. The topological polar surface area (TPSA) is 217 Å². The normalized spacial score (nSPS) is 45.8. The van der Waals surface area contributed by atoms with Crippen LogP contribution in [-0.4, -0.2) is 175 Å². The van der Waals surface area contributed by atoms with Crippen molar-refractivity contribution in [2.45, 2.75) is 179 Å². The van der Waals surface area contributed by atoms with Gasteiger partial charge in [-0.1, -0.05) is 32.9 Å². The summed E-state index contributed by atoms with van der Waals surface area (Å²) in [6.07, 6.45) is -9.49. The lowest BCUT2D eigenvalue weighted by Crippen LogP contribution is -2.61. The van der Waals surface area contributed by atoms with Crippen LogP contribution in [0.2, 0.25) is 0 Å². The van der Waals surface area contributed by atoms with Crippen LogP contribution in [-0.2, 0) is 47.5 Å². The van der Waals surface area contributed by atoms with Crippen molar-refractivity contribution < 1.29 is 73.1 Å². The zero-order valence-electron chi connectivity index (χ0n) is 37.3. The predicted octanol–water partition coefficient (Wildman–Crippen LogP) is 2.21. The molecular weight excluding hydrogens is 760 g/mol. The van der Waals surface area contributed by atoms with E-state index in [0.29, 0.717) is 18.7 Å². The zero-order chi connectivity index (χ0) is 43.9. The second-order valence-corrected chi connectivity index (χ2v) is 17.7. The second kappa shape index (κ2) is 21.5. The fourth-order valence-electron chi connectivity index (χ4n) is 8.93. The van der Waals surface area contributed by atoms with Crippen molar-refractivity contribution in [3.63, 3.8) is 0 Å². The number of nitrogens with zero attached hydrogens (tertiary/aromatic N) is 2. The van der Waals surface area contributed by atoms with Gasteiger partial charge in [-0.2, -0.15) is 0 Å². The van der Waals surface area contributed by atoms with Gasteiger partial charge in [-0.05, 0) is 74.9 Å². The van der Waals surface area contributed by atoms with Crippen molar-refractivity contribution in [3.8, 4) is 0 Å². The molecule has 0 amide bonds. The van der Waals surface area contributed by atoms with E-state index in [0.717, 1.165) is 0 Å². The molecule has 0 bridgehead atoms. The van der Waals surface area contributed by atoms with Crippen molar-refractivity contribution in [1.82, 2.24) is 4.90 Å². The number of carbonyl (C=O) groups is 1. The first-order chi connectivity index (χ1) is 27.0. The summed E-state index contributed by atoms with van der Waals surface area (Å²) in [5.74, 6) is -4.14. The Morgan fingerprint density at radius 1 is 0.897 bits per heavy atom. The fraction of sp³-hybridized carbons (Fsp3) is 0.951. The predicted molar refractivity (Wildman–Crippen MR) is 212 cm³/mol. The Morgan fingerprint density at radius 2 is 1.55 bits per heavy atom. The number of rotatable bonds is 13. The maximum atomic E-state index is 14.3. The number of hydrogen-bond donors (Lipinski definition) is 5. The summed E-state index contributed by atoms with van der Waals surface area (Å²) in [6, 6.07) is -0.328. The van der Waals surface area contributed by atoms with Crippen molar-refractivity contribution in [3.05, 3.63) is 0 Å². The molecule has 340 valence electrons. The number of aliphatic hydroxyl groups is 5. The van der Waals surface area contributed by atoms with E-state index in [9.17, 15) is 30.3 Å². The number of aliphatic hydroxyl groups excluding tert-OH is 3. The van der Waals surface area contributed by atoms with Gasteiger partial charge in [0.05, 0.1) is 66.6 Å². The quantitative estimate of drug-likeness (QED) is 0.0778. The molecule has 5 N–H and O–H groups in total. The largest absolute Gasteiger partial charge is 0.459 e. The Kier molecular flexibility index (Phi) is 18.8. The number of likely N-dealkylation sites (N-methyl/N-ethyl adjacent to an activating group) is 1. The molecule has 0 aromatic heterocycles. The van der Waals surface area contributed by atoms with Gasteiger partial charge >= 0.3 is 5.97 Å². The first kappa shape index (κ1) is 50.8. The molecule has 0 aromatic rings. The standard InChI is InChI=1S/C41H76N2O15/c1-15-29-41(10,49)34(45)24(4)31(42-53-21-52-17-16-50-13)22(2)19-39(8,48)36(58-38-32(44)28(43(11)12)18-23(3)54-38)25(5)33(26(6)37(47)56-29)57-30-20-40(9,51-14)35(46)27(7)55-30/h22-30,32-36,38,44-46,48-49H,15-21H2,1-14H3/t22-,23+,24-,25-,26+,27-,28-,29+,30-,32+,33-,34+,35-,36+,38-,39+,40+,41+/m0/s1. The summed E-state index contributed by atoms with van der Waals surface area (Å²) in [5, 5.41) is 63.6. The van der Waals surface area contributed by atoms with Crippen molar-refractivity contribution in [2.24, 2.45) is 28.8 Å². The Morgan fingerprint density at radius 3 is 2.14 bits per heavy atom. The molecular formula is C41H76N2O15. The molecule has 0 spiro atoms. The molecule has 0 saturated carbocycles. The number of cyclic esters (lactones) is 1. The number of methoxy groups -OCH3 is 2. The lowest BCUT2D eigenvalue weighted by molar-refractivity contribution is -0.317. The van der Waals surface area contributed by atoms with Crippen LogP contribution >= 0.6 is 0 Å². The van der Waals surface area contributed by atoms with Crippen LogP contribution < -0.4 is 0 Å². The molecule has 3 fully saturated rings. The third kappa shape index (κ3) is 12.1. The summed E-state index contributed by atoms with van der Waals surface area (Å²) < 4.78 is 48.1. The van der Waals surface area contributed by atoms with Gasteiger partial charge in [0.15, 0.2) is 12.6 Å². The van der Waals surface area contributed by atoms with Crippen molar-refractivity contribution in [2.75, 3.05) is 48.3 Å². The van der Waals surface area contributed by atoms with Crippen LogP contribution in [0.25, 0.3) is 0 Å². The molecule has 3 aliphatic rings. The second-order valence-electron chi connectivity index (χ2n) is 17.7. The molecule has 17 heteroatoms. The molecule has 58 heavy (non-hydrogen) atoms. The molecule has 0 radical (unpaired) electrons. The fourth-order valence-corrected chi connectivity index (χ4v) is 8.93. The van der Waals surface area contributed by atoms with E-state index in [4.69, 9.17) is 42.7 Å². The van der Waals surface area contributed by atoms with Crippen LogP contribution in [0, 0.1) is 23.7 Å². The third-order valence-corrected chi connectivity index (χ3v) is 12.6. The summed E-state index contributed by atoms with van der Waals surface area (Å²) in [6.45, 7) is 17.3. The van der Waals surface area contributed by atoms with Gasteiger partial charge in [-0.25, -0.2) is 0 Å². The first-order valence-corrected chi connectivity index (χ1v) is 20.8. The highest BCUT2D eigenvalue weighted by Crippen LogP contribution is 2.41. The van der Waals surface area contributed by atoms with Crippen LogP contribution in [0.1, 0.15) is 94.9 Å². The maximum Gasteiger partial charge on any atom is 0.311 e. The van der Waals surface area contributed by atoms with E-state index < -0.39 is 102 Å². The van der Waals surface area contributed by atoms with Gasteiger partial charge in [-0.3, -0.25) is 4.79 Å². The molecule has 18 atom stereocenters. The molecule has 0 unspecified atom stereocenters. The number of hydrogen-bond acceptors (Lipinski definition) is 17. The molecule has 3 aliphatic heterocycles. The Hall–Kier alpha value is -1.58. The van der Waals surface area contributed by atoms with Gasteiger partial charge in [0.1, 0.15) is 23.9 Å². The lowest BCUT2D eigenvalue weighted by atomic mass is 9.73. The highest BCUT2D eigenvalue weighted by Gasteiger charge is 2.53. The Balaban J connectivity index is 2.22. The minimum absolute atomic E-state index is 0.0307. The Bertz CT molecular complexity index is 1300. The number of oxime groups is 1. The summed E-state index contributed by atoms with van der Waals surface area (Å²) >= 11 is 0. The van der Waals surface area contributed by atoms with E-state index in [-0.39, 0.29) is 44.8 Å². The number of esters is 1. The smallest absolute Gasteiger partial charge is 0.311 e. The van der Waals surface area contributed by atoms with E-state index in [1.165, 1.54) is 14.0 Å². The van der Waals surface area contributed by atoms with Gasteiger partial charge in [0, 0.05) is 44.4 Å². The zero-order valence-corrected chi connectivity index (χ0v) is 37.3. The van der Waals surface area contributed by atoms with E-state index in [1.54, 1.807) is 55.6 Å². The average Bonchev–Trinajstić information content (AvgIpc) is 3.15. The molecule has 3 heterocycles. The van der Waals surface area contributed by atoms with Gasteiger partial charge < -0.3 is 73.2 Å². The molecule has 17 nitrogen and oxygen atoms in total. The highest BCUT2D eigenvalue weighted by molar-refractivity contribution is 5.88. The van der Waals surface area contributed by atoms with Crippen LogP contribution in [0.5, 0.6) is 0 Å². The number of ether oxygens (including phenoxy) is 8. The van der Waals surface area contributed by atoms with Gasteiger partial charge in [0.25, 0.3) is 0 Å².